The Morgan fingerprint density at radius 1 is 1.30 bits per heavy atom. The van der Waals surface area contributed by atoms with Crippen LogP contribution in [-0.2, 0) is 4.79 Å². The molecule has 2 aliphatic heterocycles. The predicted octanol–water partition coefficient (Wildman–Crippen LogP) is 0.990. The monoisotopic (exact) mass is 364 g/mol. The number of amides is 4. The van der Waals surface area contributed by atoms with Gasteiger partial charge in [-0.25, -0.2) is 14.8 Å². The molecule has 0 spiro atoms. The molecule has 2 aromatic heterocycles. The van der Waals surface area contributed by atoms with Gasteiger partial charge in [-0.3, -0.25) is 18.9 Å². The summed E-state index contributed by atoms with van der Waals surface area (Å²) in [6, 6.07) is 4.80. The molecule has 9 heteroatoms. The van der Waals surface area contributed by atoms with Crippen LogP contribution in [0.15, 0.2) is 46.5 Å². The van der Waals surface area contributed by atoms with Crippen molar-refractivity contribution in [2.24, 2.45) is 15.9 Å². The third kappa shape index (κ3) is 2.92. The summed E-state index contributed by atoms with van der Waals surface area (Å²) in [5.74, 6) is -1.16. The first-order chi connectivity index (χ1) is 13.1. The summed E-state index contributed by atoms with van der Waals surface area (Å²) < 4.78 is 1.70. The fourth-order valence-corrected chi connectivity index (χ4v) is 3.12. The van der Waals surface area contributed by atoms with Crippen LogP contribution in [0.1, 0.15) is 16.2 Å². The Hall–Kier alpha value is -3.62. The number of aromatic nitrogens is 2. The molecule has 0 aromatic carbocycles. The zero-order valence-electron chi connectivity index (χ0n) is 14.5. The van der Waals surface area contributed by atoms with E-state index in [2.05, 4.69) is 20.3 Å². The minimum Gasteiger partial charge on any atom is -0.349 e. The molecule has 0 fully saturated rings. The maximum Gasteiger partial charge on any atom is 0.352 e. The molecule has 1 N–H and O–H groups in total. The normalized spacial score (nSPS) is 18.6. The van der Waals surface area contributed by atoms with Gasteiger partial charge in [0.1, 0.15) is 23.1 Å². The molecule has 9 nitrogen and oxygen atoms in total. The lowest BCUT2D eigenvalue weighted by molar-refractivity contribution is -0.129. The largest absolute Gasteiger partial charge is 0.352 e. The first-order valence-corrected chi connectivity index (χ1v) is 8.43. The van der Waals surface area contributed by atoms with Gasteiger partial charge in [0.2, 0.25) is 5.91 Å². The summed E-state index contributed by atoms with van der Waals surface area (Å²) in [6.45, 7) is 1.90. The zero-order chi connectivity index (χ0) is 19.0. The summed E-state index contributed by atoms with van der Waals surface area (Å²) in [5, 5.41) is 2.74. The second-order valence-corrected chi connectivity index (χ2v) is 6.11. The number of allylic oxidation sites excluding steroid dienone is 1. The van der Waals surface area contributed by atoms with Crippen LogP contribution < -0.4 is 5.32 Å². The Balaban J connectivity index is 1.44. The Bertz CT molecular complexity index is 1050. The van der Waals surface area contributed by atoms with Crippen LogP contribution >= 0.6 is 0 Å². The van der Waals surface area contributed by atoms with Crippen LogP contribution in [0.3, 0.4) is 0 Å². The molecule has 0 radical (unpaired) electrons. The van der Waals surface area contributed by atoms with E-state index in [-0.39, 0.29) is 24.8 Å². The van der Waals surface area contributed by atoms with E-state index in [0.717, 1.165) is 4.90 Å². The number of carbonyl (C=O) groups is 3. The van der Waals surface area contributed by atoms with Crippen molar-refractivity contribution in [1.82, 2.24) is 19.6 Å². The highest BCUT2D eigenvalue weighted by atomic mass is 16.2. The van der Waals surface area contributed by atoms with E-state index in [9.17, 15) is 14.4 Å². The van der Waals surface area contributed by atoms with E-state index in [0.29, 0.717) is 17.0 Å². The topological polar surface area (TPSA) is 108 Å². The van der Waals surface area contributed by atoms with Crippen LogP contribution in [0.4, 0.5) is 4.79 Å². The second kappa shape index (κ2) is 6.60. The van der Waals surface area contributed by atoms with Gasteiger partial charge in [0.25, 0.3) is 5.91 Å². The lowest BCUT2D eigenvalue weighted by Crippen LogP contribution is -2.48. The van der Waals surface area contributed by atoms with E-state index in [1.54, 1.807) is 29.7 Å². The third-order valence-electron chi connectivity index (χ3n) is 4.39. The molecule has 27 heavy (non-hydrogen) atoms. The second-order valence-electron chi connectivity index (χ2n) is 6.11. The third-order valence-corrected chi connectivity index (χ3v) is 4.39. The number of nitrogens with one attached hydrogen (secondary N) is 1. The van der Waals surface area contributed by atoms with E-state index in [4.69, 9.17) is 0 Å². The Morgan fingerprint density at radius 3 is 3.00 bits per heavy atom. The van der Waals surface area contributed by atoms with Crippen LogP contribution in [-0.4, -0.2) is 57.3 Å². The van der Waals surface area contributed by atoms with Gasteiger partial charge >= 0.3 is 6.03 Å². The number of imide groups is 1. The van der Waals surface area contributed by atoms with Crippen molar-refractivity contribution in [2.45, 2.75) is 6.92 Å². The summed E-state index contributed by atoms with van der Waals surface area (Å²) >= 11 is 0. The van der Waals surface area contributed by atoms with Crippen molar-refractivity contribution in [3.63, 3.8) is 0 Å². The number of imidazole rings is 1. The Kier molecular flexibility index (Phi) is 4.11. The number of dihydropyridines is 1. The lowest BCUT2D eigenvalue weighted by Gasteiger charge is -2.27. The van der Waals surface area contributed by atoms with E-state index in [1.165, 1.54) is 6.21 Å². The van der Waals surface area contributed by atoms with Gasteiger partial charge in [-0.1, -0.05) is 12.1 Å². The highest BCUT2D eigenvalue weighted by molar-refractivity contribution is 6.19. The van der Waals surface area contributed by atoms with Gasteiger partial charge in [-0.15, -0.1) is 0 Å². The molecule has 136 valence electrons. The first-order valence-electron chi connectivity index (χ1n) is 8.43. The van der Waals surface area contributed by atoms with Gasteiger partial charge < -0.3 is 5.32 Å². The van der Waals surface area contributed by atoms with Crippen LogP contribution in [0.5, 0.6) is 0 Å². The average molecular weight is 364 g/mol. The number of hydrogen-bond donors (Lipinski definition) is 1. The van der Waals surface area contributed by atoms with Crippen molar-refractivity contribution < 1.29 is 14.4 Å². The number of pyridine rings is 1. The number of hydrogen-bond acceptors (Lipinski definition) is 5. The van der Waals surface area contributed by atoms with Gasteiger partial charge in [0.05, 0.1) is 5.69 Å². The highest BCUT2D eigenvalue weighted by Gasteiger charge is 2.36. The van der Waals surface area contributed by atoms with Gasteiger partial charge in [-0.05, 0) is 25.1 Å². The van der Waals surface area contributed by atoms with Gasteiger partial charge in [0, 0.05) is 25.5 Å². The number of nitrogens with zero attached hydrogens (tertiary/aromatic N) is 5. The number of carbonyl (C=O) groups excluding carboxylic acids is 3. The fourth-order valence-electron chi connectivity index (χ4n) is 3.12. The molecule has 4 heterocycles. The average Bonchev–Trinajstić information content (AvgIpc) is 3.00. The van der Waals surface area contributed by atoms with Crippen molar-refractivity contribution >= 4 is 35.5 Å². The SMILES string of the molecule is Cc1nc2ccccn2c1C(=O)NCCN1C(=O)N=C2N=CC=CC2C1=O. The molecule has 1 atom stereocenters. The van der Waals surface area contributed by atoms with Crippen LogP contribution in [0.2, 0.25) is 0 Å². The minimum absolute atomic E-state index is 0.0318. The summed E-state index contributed by atoms with van der Waals surface area (Å²) in [7, 11) is 0. The van der Waals surface area contributed by atoms with E-state index < -0.39 is 17.9 Å². The van der Waals surface area contributed by atoms with Crippen molar-refractivity contribution in [1.29, 1.82) is 0 Å². The standard InChI is InChI=1S/C18H16N6O3/c1-11-14(23-9-3-2-6-13(23)21-11)16(25)20-8-10-24-17(26)12-5-4-7-19-15(12)22-18(24)27/h2-7,9,12H,8,10H2,1H3,(H,20,25). The minimum atomic E-state index is -0.668. The van der Waals surface area contributed by atoms with Crippen LogP contribution in [0, 0.1) is 12.8 Å². The number of urea groups is 1. The molecule has 4 rings (SSSR count). The molecule has 4 amide bonds. The maximum absolute atomic E-state index is 12.6. The number of amidine groups is 1. The zero-order valence-corrected chi connectivity index (χ0v) is 14.5. The fraction of sp³-hybridized carbons (Fsp3) is 0.222. The Labute approximate surface area is 154 Å². The van der Waals surface area contributed by atoms with Crippen molar-refractivity contribution in [2.75, 3.05) is 13.1 Å². The van der Waals surface area contributed by atoms with Gasteiger partial charge in [0.15, 0.2) is 0 Å². The Morgan fingerprint density at radius 2 is 2.15 bits per heavy atom. The molecular formula is C18H16N6O3. The molecule has 0 saturated carbocycles. The molecule has 1 unspecified atom stereocenters. The molecule has 0 bridgehead atoms. The predicted molar refractivity (Wildman–Crippen MR) is 97.9 cm³/mol. The first kappa shape index (κ1) is 16.8. The lowest BCUT2D eigenvalue weighted by atomic mass is 10.0. The maximum atomic E-state index is 12.6. The molecule has 2 aliphatic rings. The molecule has 0 saturated heterocycles. The number of aliphatic imine (C=N–C) groups is 2. The van der Waals surface area contributed by atoms with Gasteiger partial charge in [-0.2, -0.15) is 4.99 Å². The molecule has 2 aromatic rings. The van der Waals surface area contributed by atoms with Crippen LogP contribution in [0.25, 0.3) is 5.65 Å². The number of rotatable bonds is 4. The van der Waals surface area contributed by atoms with Crippen molar-refractivity contribution in [3.8, 4) is 0 Å². The summed E-state index contributed by atoms with van der Waals surface area (Å²) in [4.78, 5) is 50.3. The van der Waals surface area contributed by atoms with E-state index in [1.807, 2.05) is 18.2 Å². The summed E-state index contributed by atoms with van der Waals surface area (Å²) in [5.41, 5.74) is 1.70. The smallest absolute Gasteiger partial charge is 0.349 e. The highest BCUT2D eigenvalue weighted by Crippen LogP contribution is 2.18. The molecular weight excluding hydrogens is 348 g/mol. The summed E-state index contributed by atoms with van der Waals surface area (Å²) in [6.07, 6.45) is 6.54. The van der Waals surface area contributed by atoms with Crippen molar-refractivity contribution in [3.05, 3.63) is 47.9 Å². The van der Waals surface area contributed by atoms with E-state index >= 15 is 0 Å². The molecule has 0 aliphatic carbocycles. The number of aryl methyl sites for hydroxylation is 1. The quantitative estimate of drug-likeness (QED) is 0.872. The number of fused-ring (bicyclic) bond motifs is 2.